The maximum absolute atomic E-state index is 5.94. The highest BCUT2D eigenvalue weighted by molar-refractivity contribution is 6.17. The van der Waals surface area contributed by atoms with Crippen LogP contribution in [0.2, 0.25) is 0 Å². The maximum Gasteiger partial charge on any atom is 0.307 e. The minimum atomic E-state index is 0. The number of hydrogen-bond acceptors (Lipinski definition) is 4. The van der Waals surface area contributed by atoms with E-state index >= 15 is 0 Å². The van der Waals surface area contributed by atoms with Crippen molar-refractivity contribution in [2.45, 2.75) is 26.1 Å². The van der Waals surface area contributed by atoms with Gasteiger partial charge in [-0.05, 0) is 17.5 Å². The minimum Gasteiger partial charge on any atom is -1.00 e. The first-order valence-electron chi connectivity index (χ1n) is 9.60. The molecule has 2 aromatic heterocycles. The van der Waals surface area contributed by atoms with Gasteiger partial charge in [0, 0.05) is 5.88 Å². The maximum atomic E-state index is 5.94. The van der Waals surface area contributed by atoms with E-state index in [2.05, 4.69) is 43.0 Å². The van der Waals surface area contributed by atoms with Crippen molar-refractivity contribution in [1.82, 2.24) is 14.5 Å². The van der Waals surface area contributed by atoms with Crippen LogP contribution in [0.3, 0.4) is 0 Å². The van der Waals surface area contributed by atoms with Gasteiger partial charge in [0.2, 0.25) is 5.52 Å². The summed E-state index contributed by atoms with van der Waals surface area (Å²) in [5.41, 5.74) is 7.06. The molecule has 0 atom stereocenters. The molecule has 0 amide bonds. The molecule has 0 radical (unpaired) electrons. The Morgan fingerprint density at radius 1 is 0.967 bits per heavy atom. The fourth-order valence-corrected chi connectivity index (χ4v) is 3.38. The molecule has 156 valence electrons. The summed E-state index contributed by atoms with van der Waals surface area (Å²) in [7, 11) is 0. The number of nitrogens with one attached hydrogen (secondary N) is 1. The third-order valence-corrected chi connectivity index (χ3v) is 4.89. The van der Waals surface area contributed by atoms with Gasteiger partial charge in [-0.1, -0.05) is 65.6 Å². The second kappa shape index (κ2) is 10.9. The third kappa shape index (κ3) is 5.27. The van der Waals surface area contributed by atoms with Gasteiger partial charge in [0.15, 0.2) is 18.5 Å². The van der Waals surface area contributed by atoms with Gasteiger partial charge in [0.05, 0.1) is 19.7 Å². The Morgan fingerprint density at radius 2 is 1.67 bits per heavy atom. The van der Waals surface area contributed by atoms with Crippen LogP contribution in [0.1, 0.15) is 17.5 Å². The SMILES string of the molecule is ClCCCn1c[n+](Cc2ccccc2)c2ncnc(NOCc3ccccc3)c21.[Cl-]. The Balaban J connectivity index is 0.00000256. The Hall–Kier alpha value is -2.67. The summed E-state index contributed by atoms with van der Waals surface area (Å²) in [6.45, 7) is 1.95. The van der Waals surface area contributed by atoms with Gasteiger partial charge in [0.1, 0.15) is 0 Å². The Morgan fingerprint density at radius 3 is 2.37 bits per heavy atom. The topological polar surface area (TPSA) is 55.9 Å². The van der Waals surface area contributed by atoms with Crippen LogP contribution in [0.5, 0.6) is 0 Å². The molecular weight excluding hydrogens is 421 g/mol. The smallest absolute Gasteiger partial charge is 0.307 e. The molecule has 0 aliphatic carbocycles. The van der Waals surface area contributed by atoms with E-state index in [-0.39, 0.29) is 12.4 Å². The molecule has 0 saturated carbocycles. The second-order valence-electron chi connectivity index (χ2n) is 6.74. The summed E-state index contributed by atoms with van der Waals surface area (Å²) in [6.07, 6.45) is 4.49. The molecule has 6 nitrogen and oxygen atoms in total. The normalized spacial score (nSPS) is 10.7. The molecule has 0 unspecified atom stereocenters. The van der Waals surface area contributed by atoms with Gasteiger partial charge in [-0.25, -0.2) is 10.0 Å². The molecule has 0 aliphatic heterocycles. The second-order valence-corrected chi connectivity index (χ2v) is 7.11. The largest absolute Gasteiger partial charge is 1.00 e. The fourth-order valence-electron chi connectivity index (χ4n) is 3.26. The van der Waals surface area contributed by atoms with Crippen LogP contribution in [0.4, 0.5) is 5.82 Å². The molecule has 0 aliphatic rings. The predicted octanol–water partition coefficient (Wildman–Crippen LogP) is 0.944. The molecule has 30 heavy (non-hydrogen) atoms. The van der Waals surface area contributed by atoms with Crippen LogP contribution in [-0.2, 0) is 24.5 Å². The number of anilines is 1. The number of hydrogen-bond donors (Lipinski definition) is 1. The number of fused-ring (bicyclic) bond motifs is 1. The van der Waals surface area contributed by atoms with Crippen molar-refractivity contribution in [2.24, 2.45) is 0 Å². The lowest BCUT2D eigenvalue weighted by Crippen LogP contribution is -3.00. The van der Waals surface area contributed by atoms with E-state index in [1.807, 2.05) is 48.5 Å². The van der Waals surface area contributed by atoms with Crippen molar-refractivity contribution in [3.05, 3.63) is 84.4 Å². The Kier molecular flexibility index (Phi) is 8.02. The molecule has 0 bridgehead atoms. The van der Waals surface area contributed by atoms with E-state index in [1.165, 1.54) is 5.56 Å². The van der Waals surface area contributed by atoms with Crippen molar-refractivity contribution in [3.63, 3.8) is 0 Å². The van der Waals surface area contributed by atoms with Crippen molar-refractivity contribution in [3.8, 4) is 0 Å². The number of benzene rings is 2. The van der Waals surface area contributed by atoms with Gasteiger partial charge < -0.3 is 12.4 Å². The van der Waals surface area contributed by atoms with Crippen molar-refractivity contribution < 1.29 is 21.8 Å². The average molecular weight is 444 g/mol. The highest BCUT2D eigenvalue weighted by Crippen LogP contribution is 2.19. The fraction of sp³-hybridized carbons (Fsp3) is 0.227. The standard InChI is InChI=1S/C22H23ClN5O.ClH/c23-12-7-13-27-17-28(14-18-8-3-1-4-9-18)22-20(27)21(24-16-25-22)26-29-15-19-10-5-2-6-11-19;/h1-6,8-11,16-17H,7,12-15H2,(H,24,25,26);1H/q+1;/p-1. The molecule has 8 heteroatoms. The lowest BCUT2D eigenvalue weighted by molar-refractivity contribution is -0.665. The van der Waals surface area contributed by atoms with E-state index in [9.17, 15) is 0 Å². The van der Waals surface area contributed by atoms with Crippen LogP contribution in [0.25, 0.3) is 11.2 Å². The first-order chi connectivity index (χ1) is 14.3. The zero-order chi connectivity index (χ0) is 19.9. The molecule has 1 N–H and O–H groups in total. The quantitative estimate of drug-likeness (QED) is 0.237. The molecule has 2 aromatic carbocycles. The highest BCUT2D eigenvalue weighted by Gasteiger charge is 2.21. The van der Waals surface area contributed by atoms with Crippen LogP contribution < -0.4 is 22.5 Å². The summed E-state index contributed by atoms with van der Waals surface area (Å²) >= 11 is 5.94. The van der Waals surface area contributed by atoms with Gasteiger partial charge in [-0.3, -0.25) is 9.40 Å². The van der Waals surface area contributed by atoms with Gasteiger partial charge >= 0.3 is 5.65 Å². The summed E-state index contributed by atoms with van der Waals surface area (Å²) < 4.78 is 4.26. The summed E-state index contributed by atoms with van der Waals surface area (Å²) in [4.78, 5) is 14.7. The molecule has 0 spiro atoms. The molecule has 0 saturated heterocycles. The van der Waals surface area contributed by atoms with E-state index in [0.717, 1.165) is 36.2 Å². The lowest BCUT2D eigenvalue weighted by Gasteiger charge is -2.06. The number of imidazole rings is 1. The molecule has 4 rings (SSSR count). The van der Waals surface area contributed by atoms with E-state index in [1.54, 1.807) is 6.33 Å². The molecular formula is C22H23Cl2N5O. The monoisotopic (exact) mass is 443 g/mol. The first kappa shape index (κ1) is 22.0. The van der Waals surface area contributed by atoms with Crippen LogP contribution >= 0.6 is 11.6 Å². The van der Waals surface area contributed by atoms with Crippen LogP contribution in [0.15, 0.2) is 73.3 Å². The van der Waals surface area contributed by atoms with Crippen LogP contribution in [0, 0.1) is 0 Å². The van der Waals surface area contributed by atoms with E-state index < -0.39 is 0 Å². The van der Waals surface area contributed by atoms with Crippen LogP contribution in [-0.4, -0.2) is 20.4 Å². The zero-order valence-electron chi connectivity index (χ0n) is 16.4. The summed E-state index contributed by atoms with van der Waals surface area (Å²) in [6, 6.07) is 20.3. The van der Waals surface area contributed by atoms with Crippen molar-refractivity contribution in [1.29, 1.82) is 0 Å². The number of alkyl halides is 1. The Labute approximate surface area is 186 Å². The number of rotatable bonds is 9. The van der Waals surface area contributed by atoms with Gasteiger partial charge in [-0.15, -0.1) is 11.6 Å². The van der Waals surface area contributed by atoms with E-state index in [4.69, 9.17) is 16.4 Å². The molecule has 4 aromatic rings. The lowest BCUT2D eigenvalue weighted by atomic mass is 10.2. The number of aromatic nitrogens is 4. The van der Waals surface area contributed by atoms with E-state index in [0.29, 0.717) is 18.3 Å². The van der Waals surface area contributed by atoms with Crippen molar-refractivity contribution >= 4 is 28.6 Å². The average Bonchev–Trinajstić information content (AvgIpc) is 3.12. The van der Waals surface area contributed by atoms with Crippen molar-refractivity contribution in [2.75, 3.05) is 11.4 Å². The minimum absolute atomic E-state index is 0. The molecule has 2 heterocycles. The highest BCUT2D eigenvalue weighted by atomic mass is 35.5. The number of nitrogens with zero attached hydrogens (tertiary/aromatic N) is 4. The first-order valence-corrected chi connectivity index (χ1v) is 10.1. The number of aryl methyl sites for hydroxylation is 1. The third-order valence-electron chi connectivity index (χ3n) is 4.62. The van der Waals surface area contributed by atoms with Gasteiger partial charge in [0.25, 0.3) is 0 Å². The predicted molar refractivity (Wildman–Crippen MR) is 113 cm³/mol. The summed E-state index contributed by atoms with van der Waals surface area (Å²) in [5.74, 6) is 1.24. The van der Waals surface area contributed by atoms with Gasteiger partial charge in [-0.2, -0.15) is 4.98 Å². The Bertz CT molecular complexity index is 1060. The summed E-state index contributed by atoms with van der Waals surface area (Å²) in [5, 5.41) is 0. The zero-order valence-corrected chi connectivity index (χ0v) is 17.9. The number of halogens is 2. The molecule has 0 fully saturated rings.